The van der Waals surface area contributed by atoms with Gasteiger partial charge in [-0.25, -0.2) is 4.98 Å². The quantitative estimate of drug-likeness (QED) is 0.888. The van der Waals surface area contributed by atoms with E-state index < -0.39 is 0 Å². The molecule has 2 atom stereocenters. The van der Waals surface area contributed by atoms with Crippen LogP contribution in [0.2, 0.25) is 0 Å². The number of rotatable bonds is 4. The maximum Gasteiger partial charge on any atom is 0.149 e. The molecule has 3 N–H and O–H groups in total. The van der Waals surface area contributed by atoms with Gasteiger partial charge in [-0.3, -0.25) is 0 Å². The Hall–Kier alpha value is -1.29. The Morgan fingerprint density at radius 1 is 1.50 bits per heavy atom. The standard InChI is InChI=1S/C16H28N4/c1-12-6-5-8-16(10-12,20(3)4)11-19-15-14(17)13(2)7-9-18-15/h7,9,12H,5-6,8,10-11,17H2,1-4H3,(H,18,19). The number of likely N-dealkylation sites (N-methyl/N-ethyl adjacent to an activating group) is 1. The minimum atomic E-state index is 0.218. The number of pyridine rings is 1. The van der Waals surface area contributed by atoms with Crippen LogP contribution in [0.15, 0.2) is 12.3 Å². The maximum absolute atomic E-state index is 6.11. The molecule has 0 spiro atoms. The number of nitrogens with one attached hydrogen (secondary N) is 1. The summed E-state index contributed by atoms with van der Waals surface area (Å²) in [6, 6.07) is 1.95. The minimum absolute atomic E-state index is 0.218. The Morgan fingerprint density at radius 2 is 2.25 bits per heavy atom. The van der Waals surface area contributed by atoms with Crippen molar-refractivity contribution in [2.24, 2.45) is 5.92 Å². The third kappa shape index (κ3) is 3.06. The van der Waals surface area contributed by atoms with Crippen molar-refractivity contribution in [1.29, 1.82) is 0 Å². The molecule has 20 heavy (non-hydrogen) atoms. The fourth-order valence-electron chi connectivity index (χ4n) is 3.32. The first-order valence-corrected chi connectivity index (χ1v) is 7.57. The molecule has 0 aliphatic heterocycles. The molecule has 4 heteroatoms. The monoisotopic (exact) mass is 276 g/mol. The van der Waals surface area contributed by atoms with Crippen molar-refractivity contribution in [3.8, 4) is 0 Å². The topological polar surface area (TPSA) is 54.2 Å². The highest BCUT2D eigenvalue weighted by Crippen LogP contribution is 2.36. The van der Waals surface area contributed by atoms with Crippen LogP contribution >= 0.6 is 0 Å². The van der Waals surface area contributed by atoms with Gasteiger partial charge in [0.2, 0.25) is 0 Å². The lowest BCUT2D eigenvalue weighted by molar-refractivity contribution is 0.0882. The highest BCUT2D eigenvalue weighted by Gasteiger charge is 2.36. The molecule has 1 saturated carbocycles. The van der Waals surface area contributed by atoms with Gasteiger partial charge in [0.1, 0.15) is 5.82 Å². The van der Waals surface area contributed by atoms with E-state index in [4.69, 9.17) is 5.73 Å². The summed E-state index contributed by atoms with van der Waals surface area (Å²) in [6.45, 7) is 5.29. The van der Waals surface area contributed by atoms with E-state index in [2.05, 4.69) is 36.2 Å². The lowest BCUT2D eigenvalue weighted by atomic mass is 9.75. The summed E-state index contributed by atoms with van der Waals surface area (Å²) in [4.78, 5) is 6.75. The molecule has 1 aliphatic carbocycles. The lowest BCUT2D eigenvalue weighted by Gasteiger charge is -2.45. The molecule has 1 fully saturated rings. The van der Waals surface area contributed by atoms with Gasteiger partial charge in [-0.1, -0.05) is 19.8 Å². The fraction of sp³-hybridized carbons (Fsp3) is 0.688. The van der Waals surface area contributed by atoms with Crippen LogP contribution in [0.3, 0.4) is 0 Å². The summed E-state index contributed by atoms with van der Waals surface area (Å²) in [7, 11) is 4.37. The highest BCUT2D eigenvalue weighted by molar-refractivity contribution is 5.65. The van der Waals surface area contributed by atoms with E-state index >= 15 is 0 Å². The van der Waals surface area contributed by atoms with Gasteiger partial charge in [-0.2, -0.15) is 0 Å². The number of nitrogen functional groups attached to an aromatic ring is 1. The Morgan fingerprint density at radius 3 is 2.90 bits per heavy atom. The Labute approximate surface area is 122 Å². The van der Waals surface area contributed by atoms with Crippen LogP contribution in [0.5, 0.6) is 0 Å². The molecule has 1 aromatic heterocycles. The van der Waals surface area contributed by atoms with Crippen molar-refractivity contribution in [1.82, 2.24) is 9.88 Å². The molecular formula is C16H28N4. The molecule has 4 nitrogen and oxygen atoms in total. The van der Waals surface area contributed by atoms with Crippen LogP contribution in [-0.4, -0.2) is 36.1 Å². The van der Waals surface area contributed by atoms with E-state index in [1.807, 2.05) is 19.2 Å². The maximum atomic E-state index is 6.11. The van der Waals surface area contributed by atoms with Crippen molar-refractivity contribution in [2.75, 3.05) is 31.7 Å². The molecule has 0 radical (unpaired) electrons. The van der Waals surface area contributed by atoms with E-state index in [-0.39, 0.29) is 5.54 Å². The van der Waals surface area contributed by atoms with Gasteiger partial charge in [0, 0.05) is 18.3 Å². The predicted octanol–water partition coefficient (Wildman–Crippen LogP) is 2.89. The number of anilines is 2. The molecule has 1 heterocycles. The zero-order valence-corrected chi connectivity index (χ0v) is 13.2. The lowest BCUT2D eigenvalue weighted by Crippen LogP contribution is -2.52. The largest absolute Gasteiger partial charge is 0.396 e. The number of aryl methyl sites for hydroxylation is 1. The molecule has 112 valence electrons. The second-order valence-corrected chi connectivity index (χ2v) is 6.56. The van der Waals surface area contributed by atoms with E-state index in [0.717, 1.165) is 29.5 Å². The first-order valence-electron chi connectivity index (χ1n) is 7.57. The number of hydrogen-bond donors (Lipinski definition) is 2. The third-order valence-electron chi connectivity index (χ3n) is 4.81. The molecule has 2 rings (SSSR count). The molecule has 0 amide bonds. The number of hydrogen-bond acceptors (Lipinski definition) is 4. The average Bonchev–Trinajstić information content (AvgIpc) is 2.40. The second-order valence-electron chi connectivity index (χ2n) is 6.56. The molecule has 0 aromatic carbocycles. The average molecular weight is 276 g/mol. The van der Waals surface area contributed by atoms with Crippen LogP contribution < -0.4 is 11.1 Å². The van der Waals surface area contributed by atoms with E-state index in [9.17, 15) is 0 Å². The molecule has 1 aromatic rings. The summed E-state index contributed by atoms with van der Waals surface area (Å²) < 4.78 is 0. The second kappa shape index (κ2) is 6.00. The smallest absolute Gasteiger partial charge is 0.149 e. The summed E-state index contributed by atoms with van der Waals surface area (Å²) in [5.41, 5.74) is 8.17. The molecule has 0 saturated heterocycles. The van der Waals surface area contributed by atoms with Gasteiger partial charge in [-0.05, 0) is 51.4 Å². The Balaban J connectivity index is 2.11. The normalized spacial score (nSPS) is 26.8. The SMILES string of the molecule is Cc1ccnc(NCC2(N(C)C)CCCC(C)C2)c1N. The number of aromatic nitrogens is 1. The third-order valence-corrected chi connectivity index (χ3v) is 4.81. The van der Waals surface area contributed by atoms with Crippen LogP contribution in [0.4, 0.5) is 11.5 Å². The van der Waals surface area contributed by atoms with Crippen molar-refractivity contribution < 1.29 is 0 Å². The summed E-state index contributed by atoms with van der Waals surface area (Å²) in [5.74, 6) is 1.61. The number of nitrogens with zero attached hydrogens (tertiary/aromatic N) is 2. The Bertz CT molecular complexity index is 458. The van der Waals surface area contributed by atoms with Gasteiger partial charge in [0.15, 0.2) is 0 Å². The van der Waals surface area contributed by atoms with E-state index in [1.165, 1.54) is 25.7 Å². The van der Waals surface area contributed by atoms with Crippen molar-refractivity contribution in [3.05, 3.63) is 17.8 Å². The molecule has 1 aliphatic rings. The predicted molar refractivity (Wildman–Crippen MR) is 85.9 cm³/mol. The van der Waals surface area contributed by atoms with Gasteiger partial charge >= 0.3 is 0 Å². The van der Waals surface area contributed by atoms with Gasteiger partial charge in [0.05, 0.1) is 5.69 Å². The Kier molecular flexibility index (Phi) is 4.53. The molecular weight excluding hydrogens is 248 g/mol. The summed E-state index contributed by atoms with van der Waals surface area (Å²) in [5, 5.41) is 3.49. The zero-order chi connectivity index (χ0) is 14.8. The van der Waals surface area contributed by atoms with Crippen molar-refractivity contribution in [2.45, 2.75) is 45.1 Å². The van der Waals surface area contributed by atoms with E-state index in [1.54, 1.807) is 0 Å². The molecule has 0 bridgehead atoms. The highest BCUT2D eigenvalue weighted by atomic mass is 15.2. The van der Waals surface area contributed by atoms with Gasteiger partial charge in [0.25, 0.3) is 0 Å². The summed E-state index contributed by atoms with van der Waals surface area (Å²) >= 11 is 0. The van der Waals surface area contributed by atoms with Crippen molar-refractivity contribution >= 4 is 11.5 Å². The first kappa shape index (κ1) is 15.1. The van der Waals surface area contributed by atoms with Crippen LogP contribution in [0.1, 0.15) is 38.2 Å². The van der Waals surface area contributed by atoms with Crippen LogP contribution in [-0.2, 0) is 0 Å². The number of nitrogens with two attached hydrogens (primary N) is 1. The molecule has 2 unspecified atom stereocenters. The first-order chi connectivity index (χ1) is 9.44. The van der Waals surface area contributed by atoms with Crippen LogP contribution in [0.25, 0.3) is 0 Å². The fourth-order valence-corrected chi connectivity index (χ4v) is 3.32. The zero-order valence-electron chi connectivity index (χ0n) is 13.2. The van der Waals surface area contributed by atoms with E-state index in [0.29, 0.717) is 0 Å². The minimum Gasteiger partial charge on any atom is -0.396 e. The van der Waals surface area contributed by atoms with Gasteiger partial charge < -0.3 is 16.0 Å². The van der Waals surface area contributed by atoms with Gasteiger partial charge in [-0.15, -0.1) is 0 Å². The summed E-state index contributed by atoms with van der Waals surface area (Å²) in [6.07, 6.45) is 6.94. The van der Waals surface area contributed by atoms with Crippen LogP contribution in [0, 0.1) is 12.8 Å². The van der Waals surface area contributed by atoms with Crippen molar-refractivity contribution in [3.63, 3.8) is 0 Å².